The van der Waals surface area contributed by atoms with Crippen LogP contribution < -0.4 is 9.21 Å². The van der Waals surface area contributed by atoms with Gasteiger partial charge < -0.3 is 9.80 Å². The van der Waals surface area contributed by atoms with E-state index in [-0.39, 0.29) is 0 Å². The zero-order valence-electron chi connectivity index (χ0n) is 20.0. The van der Waals surface area contributed by atoms with E-state index in [1.165, 1.54) is 23.1 Å². The Morgan fingerprint density at radius 1 is 1.00 bits per heavy atom. The highest BCUT2D eigenvalue weighted by atomic mass is 32.2. The Labute approximate surface area is 201 Å². The van der Waals surface area contributed by atoms with Crippen LogP contribution in [0.3, 0.4) is 0 Å². The second kappa shape index (κ2) is 11.4. The lowest BCUT2D eigenvalue weighted by Crippen LogP contribution is -2.30. The molecule has 0 atom stereocenters. The predicted octanol–water partition coefficient (Wildman–Crippen LogP) is 3.07. The smallest absolute Gasteiger partial charge is 0.231 e. The number of aromatic nitrogens is 1. The average molecular weight is 487 g/mol. The summed E-state index contributed by atoms with van der Waals surface area (Å²) in [7, 11) is 4.08. The van der Waals surface area contributed by atoms with Gasteiger partial charge >= 0.3 is 0 Å². The summed E-state index contributed by atoms with van der Waals surface area (Å²) in [5.41, 5.74) is 3.17. The number of sulfonamides is 1. The molecule has 10 heteroatoms. The van der Waals surface area contributed by atoms with Crippen molar-refractivity contribution in [3.05, 3.63) is 46.5 Å². The van der Waals surface area contributed by atoms with Gasteiger partial charge in [-0.05, 0) is 43.8 Å². The van der Waals surface area contributed by atoms with Crippen molar-refractivity contribution >= 4 is 33.3 Å². The number of nitriles is 2. The standard InChI is InChI=1S/C23H30N6O2S2/c1-7-19-20(14-24)22(28(4)13-12-27(2)3)26-23(21(19)15-25)32-16-17-8-10-18(11-9-17)29(5)33(6,30)31/h8-11H,7,12-13,16H2,1-6H3. The lowest BCUT2D eigenvalue weighted by Gasteiger charge is -2.24. The summed E-state index contributed by atoms with van der Waals surface area (Å²) in [6.07, 6.45) is 1.72. The minimum atomic E-state index is -3.32. The van der Waals surface area contributed by atoms with Gasteiger partial charge in [0, 0.05) is 32.9 Å². The first-order chi connectivity index (χ1) is 15.5. The summed E-state index contributed by atoms with van der Waals surface area (Å²) in [6, 6.07) is 11.7. The summed E-state index contributed by atoms with van der Waals surface area (Å²) in [4.78, 5) is 8.75. The number of nitrogens with zero attached hydrogens (tertiary/aromatic N) is 6. The fraction of sp³-hybridized carbons (Fsp3) is 0.435. The van der Waals surface area contributed by atoms with E-state index in [4.69, 9.17) is 4.98 Å². The Balaban J connectivity index is 2.36. The van der Waals surface area contributed by atoms with E-state index in [9.17, 15) is 18.9 Å². The monoisotopic (exact) mass is 486 g/mol. The number of benzene rings is 1. The van der Waals surface area contributed by atoms with Gasteiger partial charge in [0.2, 0.25) is 10.0 Å². The van der Waals surface area contributed by atoms with Gasteiger partial charge in [0.1, 0.15) is 23.0 Å². The molecule has 0 N–H and O–H groups in total. The molecule has 1 aromatic carbocycles. The quantitative estimate of drug-likeness (QED) is 0.472. The Morgan fingerprint density at radius 3 is 2.09 bits per heavy atom. The minimum absolute atomic E-state index is 0.442. The summed E-state index contributed by atoms with van der Waals surface area (Å²) >= 11 is 1.44. The highest BCUT2D eigenvalue weighted by Gasteiger charge is 2.21. The first-order valence-corrected chi connectivity index (χ1v) is 13.2. The molecule has 0 spiro atoms. The molecule has 2 rings (SSSR count). The molecule has 0 unspecified atom stereocenters. The SMILES string of the molecule is CCc1c(C#N)c(SCc2ccc(N(C)S(C)(=O)=O)cc2)nc(N(C)CCN(C)C)c1C#N. The van der Waals surface area contributed by atoms with Crippen molar-refractivity contribution in [2.45, 2.75) is 24.1 Å². The number of likely N-dealkylation sites (N-methyl/N-ethyl adjacent to an activating group) is 2. The minimum Gasteiger partial charge on any atom is -0.357 e. The van der Waals surface area contributed by atoms with Gasteiger partial charge in [-0.3, -0.25) is 4.31 Å². The molecule has 176 valence electrons. The first-order valence-electron chi connectivity index (χ1n) is 10.4. The second-order valence-electron chi connectivity index (χ2n) is 7.96. The van der Waals surface area contributed by atoms with E-state index in [0.717, 1.165) is 18.4 Å². The molecule has 0 radical (unpaired) electrons. The third-order valence-electron chi connectivity index (χ3n) is 5.24. The van der Waals surface area contributed by atoms with Crippen LogP contribution in [0.2, 0.25) is 0 Å². The van der Waals surface area contributed by atoms with Crippen LogP contribution in [0.4, 0.5) is 11.5 Å². The van der Waals surface area contributed by atoms with Crippen molar-refractivity contribution in [1.29, 1.82) is 10.5 Å². The maximum absolute atomic E-state index is 11.7. The first kappa shape index (κ1) is 26.5. The Morgan fingerprint density at radius 2 is 1.61 bits per heavy atom. The number of thioether (sulfide) groups is 1. The highest BCUT2D eigenvalue weighted by molar-refractivity contribution is 7.98. The maximum Gasteiger partial charge on any atom is 0.231 e. The Bertz CT molecular complexity index is 1170. The van der Waals surface area contributed by atoms with Crippen LogP contribution in [0.25, 0.3) is 0 Å². The van der Waals surface area contributed by atoms with E-state index in [1.54, 1.807) is 12.1 Å². The Hall–Kier alpha value is -2.79. The van der Waals surface area contributed by atoms with Crippen molar-refractivity contribution in [1.82, 2.24) is 9.88 Å². The molecule has 8 nitrogen and oxygen atoms in total. The number of rotatable bonds is 10. The topological polar surface area (TPSA) is 104 Å². The summed E-state index contributed by atoms with van der Waals surface area (Å²) in [5.74, 6) is 1.14. The molecule has 0 amide bonds. The summed E-state index contributed by atoms with van der Waals surface area (Å²) in [6.45, 7) is 3.44. The molecule has 0 bridgehead atoms. The van der Waals surface area contributed by atoms with Gasteiger partial charge in [-0.25, -0.2) is 13.4 Å². The molecule has 1 aromatic heterocycles. The lowest BCUT2D eigenvalue weighted by molar-refractivity contribution is 0.416. The number of anilines is 2. The van der Waals surface area contributed by atoms with Crippen LogP contribution in [-0.4, -0.2) is 65.8 Å². The van der Waals surface area contributed by atoms with Crippen molar-refractivity contribution in [3.63, 3.8) is 0 Å². The largest absolute Gasteiger partial charge is 0.357 e. The molecule has 0 aliphatic carbocycles. The Kier molecular flexibility index (Phi) is 9.12. The average Bonchev–Trinajstić information content (AvgIpc) is 2.79. The predicted molar refractivity (Wildman–Crippen MR) is 134 cm³/mol. The fourth-order valence-corrected chi connectivity index (χ4v) is 4.63. The summed E-state index contributed by atoms with van der Waals surface area (Å²) in [5, 5.41) is 20.2. The molecule has 0 fully saturated rings. The molecule has 1 heterocycles. The maximum atomic E-state index is 11.7. The van der Waals surface area contributed by atoms with Gasteiger partial charge in [-0.15, -0.1) is 11.8 Å². The molecular weight excluding hydrogens is 456 g/mol. The number of hydrogen-bond acceptors (Lipinski definition) is 8. The second-order valence-corrected chi connectivity index (χ2v) is 10.9. The molecule has 0 saturated heterocycles. The normalized spacial score (nSPS) is 11.2. The van der Waals surface area contributed by atoms with Crippen LogP contribution in [0.1, 0.15) is 29.2 Å². The van der Waals surface area contributed by atoms with Crippen molar-refractivity contribution in [2.24, 2.45) is 0 Å². The molecular formula is C23H30N6O2S2. The van der Waals surface area contributed by atoms with Crippen LogP contribution >= 0.6 is 11.8 Å². The van der Waals surface area contributed by atoms with Gasteiger partial charge in [0.25, 0.3) is 0 Å². The van der Waals surface area contributed by atoms with Gasteiger partial charge in [-0.2, -0.15) is 10.5 Å². The van der Waals surface area contributed by atoms with Crippen LogP contribution in [0.15, 0.2) is 29.3 Å². The van der Waals surface area contributed by atoms with Crippen LogP contribution in [0, 0.1) is 22.7 Å². The van der Waals surface area contributed by atoms with E-state index in [2.05, 4.69) is 17.0 Å². The van der Waals surface area contributed by atoms with E-state index in [0.29, 0.717) is 51.9 Å². The van der Waals surface area contributed by atoms with E-state index < -0.39 is 10.0 Å². The lowest BCUT2D eigenvalue weighted by atomic mass is 10.0. The van der Waals surface area contributed by atoms with Gasteiger partial charge in [-0.1, -0.05) is 19.1 Å². The van der Waals surface area contributed by atoms with Crippen molar-refractivity contribution < 1.29 is 8.42 Å². The third kappa shape index (κ3) is 6.61. The number of hydrogen-bond donors (Lipinski definition) is 0. The van der Waals surface area contributed by atoms with Crippen molar-refractivity contribution in [2.75, 3.05) is 56.7 Å². The number of pyridine rings is 1. The molecule has 0 aliphatic heterocycles. The van der Waals surface area contributed by atoms with E-state index in [1.807, 2.05) is 45.1 Å². The fourth-order valence-electron chi connectivity index (χ4n) is 3.17. The molecule has 2 aromatic rings. The molecule has 0 saturated carbocycles. The zero-order valence-corrected chi connectivity index (χ0v) is 21.6. The summed E-state index contributed by atoms with van der Waals surface area (Å²) < 4.78 is 24.7. The van der Waals surface area contributed by atoms with Gasteiger partial charge in [0.15, 0.2) is 0 Å². The van der Waals surface area contributed by atoms with Crippen LogP contribution in [-0.2, 0) is 22.2 Å². The third-order valence-corrected chi connectivity index (χ3v) is 7.50. The highest BCUT2D eigenvalue weighted by Crippen LogP contribution is 2.33. The van der Waals surface area contributed by atoms with Crippen molar-refractivity contribution in [3.8, 4) is 12.1 Å². The van der Waals surface area contributed by atoms with Crippen LogP contribution in [0.5, 0.6) is 0 Å². The van der Waals surface area contributed by atoms with E-state index >= 15 is 0 Å². The molecule has 33 heavy (non-hydrogen) atoms. The van der Waals surface area contributed by atoms with Gasteiger partial charge in [0.05, 0.1) is 23.1 Å². The molecule has 0 aliphatic rings. The zero-order chi connectivity index (χ0) is 24.8.